The van der Waals surface area contributed by atoms with Crippen LogP contribution in [0.15, 0.2) is 5.38 Å². The zero-order valence-corrected chi connectivity index (χ0v) is 13.2. The molecule has 21 heavy (non-hydrogen) atoms. The van der Waals surface area contributed by atoms with Crippen LogP contribution in [0.2, 0.25) is 0 Å². The van der Waals surface area contributed by atoms with Gasteiger partial charge in [0.25, 0.3) is 0 Å². The van der Waals surface area contributed by atoms with Crippen LogP contribution in [0.3, 0.4) is 0 Å². The van der Waals surface area contributed by atoms with Crippen molar-refractivity contribution in [2.75, 3.05) is 19.6 Å². The van der Waals surface area contributed by atoms with Gasteiger partial charge >= 0.3 is 12.0 Å². The number of hydrogen-bond acceptors (Lipinski definition) is 4. The van der Waals surface area contributed by atoms with E-state index in [-0.39, 0.29) is 11.7 Å². The van der Waals surface area contributed by atoms with Crippen molar-refractivity contribution in [3.63, 3.8) is 0 Å². The minimum Gasteiger partial charge on any atom is -0.476 e. The fraction of sp³-hybridized carbons (Fsp3) is 0.643. The predicted octanol–water partition coefficient (Wildman–Crippen LogP) is 2.07. The van der Waals surface area contributed by atoms with Gasteiger partial charge in [-0.25, -0.2) is 14.6 Å². The average Bonchev–Trinajstić information content (AvgIpc) is 2.91. The molecular weight excluding hydrogens is 290 g/mol. The second kappa shape index (κ2) is 6.89. The molecule has 0 radical (unpaired) electrons. The van der Waals surface area contributed by atoms with E-state index >= 15 is 0 Å². The van der Waals surface area contributed by atoms with Crippen LogP contribution >= 0.6 is 11.3 Å². The number of piperidine rings is 1. The number of carbonyl (C=O) groups excluding carboxylic acids is 1. The molecule has 0 bridgehead atoms. The largest absolute Gasteiger partial charge is 0.476 e. The molecule has 7 heteroatoms. The Morgan fingerprint density at radius 1 is 1.48 bits per heavy atom. The number of carbonyl (C=O) groups is 2. The summed E-state index contributed by atoms with van der Waals surface area (Å²) >= 11 is 1.31. The maximum absolute atomic E-state index is 12.1. The van der Waals surface area contributed by atoms with Crippen molar-refractivity contribution in [3.05, 3.63) is 16.1 Å². The molecule has 2 unspecified atom stereocenters. The molecule has 2 heterocycles. The van der Waals surface area contributed by atoms with E-state index in [1.807, 2.05) is 4.90 Å². The molecule has 116 valence electrons. The van der Waals surface area contributed by atoms with Gasteiger partial charge in [-0.05, 0) is 18.3 Å². The van der Waals surface area contributed by atoms with E-state index < -0.39 is 5.97 Å². The normalized spacial score (nSPS) is 22.1. The Labute approximate surface area is 128 Å². The molecular formula is C14H21N3O3S. The molecule has 2 atom stereocenters. The number of amides is 2. The minimum absolute atomic E-state index is 0.0382. The minimum atomic E-state index is -1.02. The lowest BCUT2D eigenvalue weighted by molar-refractivity contribution is 0.0691. The fourth-order valence-electron chi connectivity index (χ4n) is 2.36. The number of aromatic nitrogens is 1. The standard InChI is InChI=1S/C14H21N3O3S/c1-9-4-6-17(7-10(9)2)14(20)15-5-3-12-16-11(8-21-12)13(18)19/h8-10H,3-7H2,1-2H3,(H,15,20)(H,18,19). The van der Waals surface area contributed by atoms with Gasteiger partial charge in [-0.15, -0.1) is 11.3 Å². The van der Waals surface area contributed by atoms with Gasteiger partial charge in [0.2, 0.25) is 0 Å². The number of carboxylic acid groups (broad SMARTS) is 1. The number of carboxylic acids is 1. The lowest BCUT2D eigenvalue weighted by atomic mass is 9.89. The summed E-state index contributed by atoms with van der Waals surface area (Å²) in [7, 11) is 0. The van der Waals surface area contributed by atoms with E-state index in [2.05, 4.69) is 24.1 Å². The fourth-order valence-corrected chi connectivity index (χ4v) is 3.13. The van der Waals surface area contributed by atoms with Crippen LogP contribution in [-0.2, 0) is 6.42 Å². The number of nitrogens with zero attached hydrogens (tertiary/aromatic N) is 2. The number of likely N-dealkylation sites (tertiary alicyclic amines) is 1. The highest BCUT2D eigenvalue weighted by molar-refractivity contribution is 7.09. The van der Waals surface area contributed by atoms with Crippen molar-refractivity contribution in [3.8, 4) is 0 Å². The molecule has 1 fully saturated rings. The first-order chi connectivity index (χ1) is 9.97. The highest BCUT2D eigenvalue weighted by Crippen LogP contribution is 2.22. The summed E-state index contributed by atoms with van der Waals surface area (Å²) in [6.07, 6.45) is 1.60. The molecule has 1 aliphatic heterocycles. The third-order valence-corrected chi connectivity index (χ3v) is 4.92. The highest BCUT2D eigenvalue weighted by Gasteiger charge is 2.25. The van der Waals surface area contributed by atoms with E-state index in [9.17, 15) is 9.59 Å². The molecule has 1 aromatic heterocycles. The third kappa shape index (κ3) is 4.17. The molecule has 1 saturated heterocycles. The van der Waals surface area contributed by atoms with Gasteiger partial charge in [-0.1, -0.05) is 13.8 Å². The highest BCUT2D eigenvalue weighted by atomic mass is 32.1. The van der Waals surface area contributed by atoms with Crippen LogP contribution in [0.5, 0.6) is 0 Å². The second-order valence-electron chi connectivity index (χ2n) is 5.60. The van der Waals surface area contributed by atoms with Crippen molar-refractivity contribution in [1.29, 1.82) is 0 Å². The summed E-state index contributed by atoms with van der Waals surface area (Å²) in [4.78, 5) is 28.6. The van der Waals surface area contributed by atoms with Gasteiger partial charge in [0.05, 0.1) is 5.01 Å². The topological polar surface area (TPSA) is 82.5 Å². The number of urea groups is 1. The molecule has 0 aliphatic carbocycles. The lowest BCUT2D eigenvalue weighted by Gasteiger charge is -2.35. The molecule has 0 aromatic carbocycles. The van der Waals surface area contributed by atoms with Crippen molar-refractivity contribution in [2.45, 2.75) is 26.7 Å². The zero-order valence-electron chi connectivity index (χ0n) is 12.3. The number of thiazole rings is 1. The molecule has 2 N–H and O–H groups in total. The van der Waals surface area contributed by atoms with Crippen LogP contribution in [0.1, 0.15) is 35.8 Å². The Kier molecular flexibility index (Phi) is 5.17. The summed E-state index contributed by atoms with van der Waals surface area (Å²) in [5.74, 6) is 0.179. The van der Waals surface area contributed by atoms with E-state index in [0.717, 1.165) is 24.5 Å². The zero-order chi connectivity index (χ0) is 15.4. The van der Waals surface area contributed by atoms with E-state index in [1.165, 1.54) is 16.7 Å². The predicted molar refractivity (Wildman–Crippen MR) is 80.7 cm³/mol. The number of rotatable bonds is 4. The first-order valence-electron chi connectivity index (χ1n) is 7.18. The molecule has 2 amide bonds. The second-order valence-corrected chi connectivity index (χ2v) is 6.55. The van der Waals surface area contributed by atoms with Gasteiger partial charge in [0, 0.05) is 31.4 Å². The summed E-state index contributed by atoms with van der Waals surface area (Å²) in [5, 5.41) is 13.9. The number of nitrogens with one attached hydrogen (secondary N) is 1. The van der Waals surface area contributed by atoms with Crippen LogP contribution < -0.4 is 5.32 Å². The number of hydrogen-bond donors (Lipinski definition) is 2. The summed E-state index contributed by atoms with van der Waals surface area (Å²) in [6, 6.07) is -0.0382. The maximum atomic E-state index is 12.1. The van der Waals surface area contributed by atoms with Gasteiger partial charge in [0.1, 0.15) is 0 Å². The quantitative estimate of drug-likeness (QED) is 0.892. The summed E-state index contributed by atoms with van der Waals surface area (Å²) < 4.78 is 0. The molecule has 6 nitrogen and oxygen atoms in total. The van der Waals surface area contributed by atoms with Crippen LogP contribution in [0.4, 0.5) is 4.79 Å². The van der Waals surface area contributed by atoms with Crippen molar-refractivity contribution in [2.24, 2.45) is 11.8 Å². The molecule has 2 rings (SSSR count). The molecule has 1 aromatic rings. The van der Waals surface area contributed by atoms with Crippen LogP contribution in [-0.4, -0.2) is 46.6 Å². The van der Waals surface area contributed by atoms with Gasteiger partial charge in [0.15, 0.2) is 5.69 Å². The number of aromatic carboxylic acids is 1. The Balaban J connectivity index is 1.75. The average molecular weight is 311 g/mol. The SMILES string of the molecule is CC1CCN(C(=O)NCCc2nc(C(=O)O)cs2)CC1C. The van der Waals surface area contributed by atoms with Gasteiger partial charge in [-0.2, -0.15) is 0 Å². The summed E-state index contributed by atoms with van der Waals surface area (Å²) in [5.41, 5.74) is 0.0696. The van der Waals surface area contributed by atoms with Crippen LogP contribution in [0, 0.1) is 11.8 Å². The maximum Gasteiger partial charge on any atom is 0.355 e. The van der Waals surface area contributed by atoms with E-state index in [1.54, 1.807) is 0 Å². The van der Waals surface area contributed by atoms with Gasteiger partial charge < -0.3 is 15.3 Å². The smallest absolute Gasteiger partial charge is 0.355 e. The monoisotopic (exact) mass is 311 g/mol. The van der Waals surface area contributed by atoms with E-state index in [0.29, 0.717) is 24.8 Å². The Morgan fingerprint density at radius 3 is 2.86 bits per heavy atom. The first kappa shape index (κ1) is 15.8. The first-order valence-corrected chi connectivity index (χ1v) is 8.05. The molecule has 0 saturated carbocycles. The third-order valence-electron chi connectivity index (χ3n) is 4.01. The van der Waals surface area contributed by atoms with Crippen molar-refractivity contribution < 1.29 is 14.7 Å². The van der Waals surface area contributed by atoms with Crippen LogP contribution in [0.25, 0.3) is 0 Å². The van der Waals surface area contributed by atoms with Gasteiger partial charge in [-0.3, -0.25) is 0 Å². The summed E-state index contributed by atoms with van der Waals surface area (Å²) in [6.45, 7) is 6.48. The molecule has 0 spiro atoms. The van der Waals surface area contributed by atoms with Crippen molar-refractivity contribution >= 4 is 23.3 Å². The van der Waals surface area contributed by atoms with Crippen molar-refractivity contribution in [1.82, 2.24) is 15.2 Å². The Hall–Kier alpha value is -1.63. The molecule has 1 aliphatic rings. The Morgan fingerprint density at radius 2 is 2.24 bits per heavy atom. The Bertz CT molecular complexity index is 517. The lowest BCUT2D eigenvalue weighted by Crippen LogP contribution is -2.47. The van der Waals surface area contributed by atoms with E-state index in [4.69, 9.17) is 5.11 Å².